The van der Waals surface area contributed by atoms with Gasteiger partial charge < -0.3 is 25.6 Å². The number of fused-ring (bicyclic) bond motifs is 1. The highest BCUT2D eigenvalue weighted by molar-refractivity contribution is 5.92. The summed E-state index contributed by atoms with van der Waals surface area (Å²) in [6, 6.07) is 2.03. The number of nitrogen functional groups attached to an aromatic ring is 1. The van der Waals surface area contributed by atoms with Crippen LogP contribution in [0.15, 0.2) is 18.2 Å². The van der Waals surface area contributed by atoms with Gasteiger partial charge in [0.2, 0.25) is 0 Å². The molecule has 1 atom stereocenters. The number of aryl methyl sites for hydroxylation is 1. The molecule has 2 aromatic carbocycles. The van der Waals surface area contributed by atoms with E-state index in [0.29, 0.717) is 6.07 Å². The van der Waals surface area contributed by atoms with Gasteiger partial charge in [-0.05, 0) is 44.9 Å². The maximum Gasteiger partial charge on any atom is 0.419 e. The van der Waals surface area contributed by atoms with E-state index in [1.54, 1.807) is 0 Å². The number of aliphatic hydroxyl groups is 1. The number of nitrogens with zero attached hydrogens (tertiary/aromatic N) is 2. The van der Waals surface area contributed by atoms with E-state index in [1.165, 1.54) is 27.0 Å². The lowest BCUT2D eigenvalue weighted by Gasteiger charge is -2.21. The predicted molar refractivity (Wildman–Crippen MR) is 123 cm³/mol. The first-order valence-electron chi connectivity index (χ1n) is 11.1. The summed E-state index contributed by atoms with van der Waals surface area (Å²) in [4.78, 5) is 8.40. The van der Waals surface area contributed by atoms with Crippen molar-refractivity contribution in [2.45, 2.75) is 38.9 Å². The Hall–Kier alpha value is -3.41. The number of anilines is 2. The summed E-state index contributed by atoms with van der Waals surface area (Å²) in [5, 5.41) is 12.6. The van der Waals surface area contributed by atoms with E-state index in [1.807, 2.05) is 0 Å². The molecular weight excluding hydrogens is 487 g/mol. The molecule has 0 unspecified atom stereocenters. The van der Waals surface area contributed by atoms with Crippen LogP contribution in [0, 0.1) is 24.0 Å². The van der Waals surface area contributed by atoms with Crippen LogP contribution >= 0.6 is 0 Å². The third kappa shape index (κ3) is 4.81. The lowest BCUT2D eigenvalue weighted by atomic mass is 10.0. The molecule has 0 bridgehead atoms. The second-order valence-electron chi connectivity index (χ2n) is 9.02. The SMILES string of the molecule is COc1c(OCC2(CO)CC2)cc2c(N[C@H](C)c3cc(N)cc(C(F)(F)F)c3F)nc(C)nc2c1F. The van der Waals surface area contributed by atoms with Gasteiger partial charge in [-0.15, -0.1) is 0 Å². The topological polar surface area (TPSA) is 103 Å². The number of aliphatic hydroxyl groups excluding tert-OH is 1. The number of rotatable bonds is 8. The molecule has 1 saturated carbocycles. The third-order valence-corrected chi connectivity index (χ3v) is 6.24. The molecule has 0 radical (unpaired) electrons. The highest BCUT2D eigenvalue weighted by Crippen LogP contribution is 2.47. The van der Waals surface area contributed by atoms with Crippen LogP contribution in [0.5, 0.6) is 11.5 Å². The molecule has 4 rings (SSSR count). The van der Waals surface area contributed by atoms with Crippen molar-refractivity contribution in [3.63, 3.8) is 0 Å². The molecule has 7 nitrogen and oxygen atoms in total. The van der Waals surface area contributed by atoms with E-state index in [4.69, 9.17) is 15.2 Å². The quantitative estimate of drug-likeness (QED) is 0.283. The van der Waals surface area contributed by atoms with Crippen molar-refractivity contribution in [1.82, 2.24) is 9.97 Å². The molecule has 3 aromatic rings. The van der Waals surface area contributed by atoms with Gasteiger partial charge in [0.25, 0.3) is 0 Å². The molecular formula is C24H25F5N4O3. The Morgan fingerprint density at radius 3 is 2.44 bits per heavy atom. The smallest absolute Gasteiger partial charge is 0.419 e. The van der Waals surface area contributed by atoms with Crippen molar-refractivity contribution < 1.29 is 36.5 Å². The van der Waals surface area contributed by atoms with Gasteiger partial charge in [0, 0.05) is 22.1 Å². The Morgan fingerprint density at radius 2 is 1.86 bits per heavy atom. The van der Waals surface area contributed by atoms with E-state index in [-0.39, 0.29) is 58.5 Å². The highest BCUT2D eigenvalue weighted by Gasteiger charge is 2.43. The Labute approximate surface area is 203 Å². The van der Waals surface area contributed by atoms with Gasteiger partial charge >= 0.3 is 6.18 Å². The number of halogens is 5. The molecule has 12 heteroatoms. The summed E-state index contributed by atoms with van der Waals surface area (Å²) in [5.41, 5.74) is 3.01. The van der Waals surface area contributed by atoms with Crippen molar-refractivity contribution in [3.05, 3.63) is 46.8 Å². The maximum atomic E-state index is 15.4. The van der Waals surface area contributed by atoms with Crippen LogP contribution in [0.2, 0.25) is 0 Å². The van der Waals surface area contributed by atoms with Crippen LogP contribution in [0.4, 0.5) is 33.5 Å². The maximum absolute atomic E-state index is 15.4. The lowest BCUT2D eigenvalue weighted by molar-refractivity contribution is -0.140. The second kappa shape index (κ2) is 9.23. The third-order valence-electron chi connectivity index (χ3n) is 6.24. The first-order chi connectivity index (χ1) is 16.9. The zero-order valence-electron chi connectivity index (χ0n) is 19.8. The summed E-state index contributed by atoms with van der Waals surface area (Å²) < 4.78 is 81.0. The molecule has 4 N–H and O–H groups in total. The number of alkyl halides is 3. The zero-order valence-corrected chi connectivity index (χ0v) is 19.8. The fourth-order valence-corrected chi connectivity index (χ4v) is 3.94. The Balaban J connectivity index is 1.77. The summed E-state index contributed by atoms with van der Waals surface area (Å²) in [6.07, 6.45) is -3.41. The van der Waals surface area contributed by atoms with E-state index in [9.17, 15) is 22.7 Å². The number of aromatic nitrogens is 2. The first-order valence-corrected chi connectivity index (χ1v) is 11.1. The van der Waals surface area contributed by atoms with Gasteiger partial charge in [-0.1, -0.05) is 0 Å². The molecule has 0 saturated heterocycles. The Morgan fingerprint density at radius 1 is 1.17 bits per heavy atom. The molecule has 0 amide bonds. The largest absolute Gasteiger partial charge is 0.490 e. The summed E-state index contributed by atoms with van der Waals surface area (Å²) in [7, 11) is 1.27. The average molecular weight is 512 g/mol. The van der Waals surface area contributed by atoms with Crippen LogP contribution in [0.3, 0.4) is 0 Å². The van der Waals surface area contributed by atoms with E-state index < -0.39 is 34.8 Å². The van der Waals surface area contributed by atoms with E-state index in [0.717, 1.165) is 18.9 Å². The van der Waals surface area contributed by atoms with Crippen LogP contribution in [-0.2, 0) is 6.18 Å². The van der Waals surface area contributed by atoms with Crippen molar-refractivity contribution >= 4 is 22.4 Å². The predicted octanol–water partition coefficient (Wildman–Crippen LogP) is 5.15. The standard InChI is InChI=1S/C24H25F5N4O3/c1-11(14-6-13(30)7-16(18(14)25)24(27,28)29)31-22-15-8-17(36-10-23(9-34)4-5-23)21(35-3)19(26)20(15)32-12(2)33-22/h6-8,11,34H,4-5,9-10,30H2,1-3H3,(H,31,32,33)/t11-/m1/s1. The molecule has 36 heavy (non-hydrogen) atoms. The molecule has 1 fully saturated rings. The van der Waals surface area contributed by atoms with Gasteiger partial charge in [-0.2, -0.15) is 13.2 Å². The number of hydrogen-bond acceptors (Lipinski definition) is 7. The normalized spacial score (nSPS) is 15.6. The summed E-state index contributed by atoms with van der Waals surface area (Å²) >= 11 is 0. The number of hydrogen-bond donors (Lipinski definition) is 3. The van der Waals surface area contributed by atoms with Crippen LogP contribution < -0.4 is 20.5 Å². The van der Waals surface area contributed by atoms with Crippen LogP contribution in [0.1, 0.15) is 42.8 Å². The fourth-order valence-electron chi connectivity index (χ4n) is 3.94. The van der Waals surface area contributed by atoms with Gasteiger partial charge in [0.15, 0.2) is 17.3 Å². The number of nitrogens with two attached hydrogens (primary N) is 1. The molecule has 1 aliphatic rings. The number of ether oxygens (including phenoxy) is 2. The van der Waals surface area contributed by atoms with Gasteiger partial charge in [-0.3, -0.25) is 0 Å². The number of nitrogens with one attached hydrogen (secondary N) is 1. The molecule has 0 aliphatic heterocycles. The fraction of sp³-hybridized carbons (Fsp3) is 0.417. The zero-order chi connectivity index (χ0) is 26.4. The number of methoxy groups -OCH3 is 1. The van der Waals surface area contributed by atoms with Crippen molar-refractivity contribution in [3.8, 4) is 11.5 Å². The van der Waals surface area contributed by atoms with Crippen molar-refractivity contribution in [2.24, 2.45) is 5.41 Å². The summed E-state index contributed by atoms with van der Waals surface area (Å²) in [5.74, 6) is -2.23. The molecule has 1 aromatic heterocycles. The van der Waals surface area contributed by atoms with Crippen LogP contribution in [0.25, 0.3) is 10.9 Å². The molecule has 1 heterocycles. The summed E-state index contributed by atoms with van der Waals surface area (Å²) in [6.45, 7) is 2.98. The monoisotopic (exact) mass is 512 g/mol. The molecule has 0 spiro atoms. The second-order valence-corrected chi connectivity index (χ2v) is 9.02. The van der Waals surface area contributed by atoms with Gasteiger partial charge in [0.05, 0.1) is 31.9 Å². The first kappa shape index (κ1) is 25.7. The Kier molecular flexibility index (Phi) is 6.58. The lowest BCUT2D eigenvalue weighted by Crippen LogP contribution is -2.18. The molecule has 1 aliphatic carbocycles. The average Bonchev–Trinajstić information content (AvgIpc) is 3.59. The Bertz CT molecular complexity index is 1310. The highest BCUT2D eigenvalue weighted by atomic mass is 19.4. The van der Waals surface area contributed by atoms with E-state index >= 15 is 4.39 Å². The van der Waals surface area contributed by atoms with Crippen LogP contribution in [-0.4, -0.2) is 35.4 Å². The minimum absolute atomic E-state index is 0.0416. The van der Waals surface area contributed by atoms with Crippen molar-refractivity contribution in [1.29, 1.82) is 0 Å². The van der Waals surface area contributed by atoms with Crippen molar-refractivity contribution in [2.75, 3.05) is 31.4 Å². The van der Waals surface area contributed by atoms with Gasteiger partial charge in [-0.25, -0.2) is 18.7 Å². The minimum Gasteiger partial charge on any atom is -0.490 e. The molecule has 194 valence electrons. The number of benzene rings is 2. The van der Waals surface area contributed by atoms with E-state index in [2.05, 4.69) is 15.3 Å². The minimum atomic E-state index is -4.94. The van der Waals surface area contributed by atoms with Gasteiger partial charge in [0.1, 0.15) is 23.0 Å².